The van der Waals surface area contributed by atoms with E-state index in [1.807, 2.05) is 6.92 Å². The van der Waals surface area contributed by atoms with Gasteiger partial charge in [-0.15, -0.1) is 0 Å². The molecule has 2 atom stereocenters. The van der Waals surface area contributed by atoms with Crippen LogP contribution < -0.4 is 10.2 Å². The fraction of sp³-hybridized carbons (Fsp3) is 0.692. The standard InChI is InChI=1S/C13H22N4/c1-4-11-9-17(12(5-2)8-16-11)13-10(3)14-6-7-15-13/h6-7,11-12,16H,4-5,8-9H2,1-3H3. The Bertz CT molecular complexity index is 366. The van der Waals surface area contributed by atoms with Crippen molar-refractivity contribution < 1.29 is 0 Å². The van der Waals surface area contributed by atoms with Crippen LogP contribution in [0.2, 0.25) is 0 Å². The van der Waals surface area contributed by atoms with Crippen molar-refractivity contribution in [3.63, 3.8) is 0 Å². The molecule has 0 radical (unpaired) electrons. The molecule has 1 fully saturated rings. The Morgan fingerprint density at radius 1 is 1.29 bits per heavy atom. The summed E-state index contributed by atoms with van der Waals surface area (Å²) in [6, 6.07) is 1.10. The van der Waals surface area contributed by atoms with E-state index in [1.54, 1.807) is 12.4 Å². The van der Waals surface area contributed by atoms with Crippen molar-refractivity contribution >= 4 is 5.82 Å². The summed E-state index contributed by atoms with van der Waals surface area (Å²) in [5, 5.41) is 3.60. The van der Waals surface area contributed by atoms with Gasteiger partial charge in [0.15, 0.2) is 0 Å². The topological polar surface area (TPSA) is 41.1 Å². The van der Waals surface area contributed by atoms with E-state index < -0.39 is 0 Å². The SMILES string of the molecule is CCC1CN(c2nccnc2C)C(CC)CN1. The lowest BCUT2D eigenvalue weighted by Crippen LogP contribution is -2.56. The number of anilines is 1. The second kappa shape index (κ2) is 5.45. The second-order valence-electron chi connectivity index (χ2n) is 4.69. The van der Waals surface area contributed by atoms with E-state index in [1.165, 1.54) is 0 Å². The summed E-state index contributed by atoms with van der Waals surface area (Å²) in [5.41, 5.74) is 1.03. The van der Waals surface area contributed by atoms with Crippen LogP contribution >= 0.6 is 0 Å². The molecule has 0 amide bonds. The molecule has 4 heteroatoms. The summed E-state index contributed by atoms with van der Waals surface area (Å²) >= 11 is 0. The van der Waals surface area contributed by atoms with Gasteiger partial charge in [0.25, 0.3) is 0 Å². The fourth-order valence-corrected chi connectivity index (χ4v) is 2.44. The summed E-state index contributed by atoms with van der Waals surface area (Å²) in [6.07, 6.45) is 5.85. The highest BCUT2D eigenvalue weighted by Gasteiger charge is 2.27. The molecule has 17 heavy (non-hydrogen) atoms. The van der Waals surface area contributed by atoms with Crippen molar-refractivity contribution in [3.8, 4) is 0 Å². The molecule has 2 heterocycles. The van der Waals surface area contributed by atoms with Crippen molar-refractivity contribution in [1.82, 2.24) is 15.3 Å². The first kappa shape index (κ1) is 12.3. The molecule has 0 aromatic carbocycles. The number of nitrogens with one attached hydrogen (secondary N) is 1. The first-order valence-electron chi connectivity index (χ1n) is 6.53. The van der Waals surface area contributed by atoms with E-state index in [9.17, 15) is 0 Å². The van der Waals surface area contributed by atoms with Gasteiger partial charge in [-0.2, -0.15) is 0 Å². The zero-order valence-electron chi connectivity index (χ0n) is 11.0. The Labute approximate surface area is 103 Å². The number of rotatable bonds is 3. The molecule has 1 aliphatic rings. The normalized spacial score (nSPS) is 25.0. The summed E-state index contributed by atoms with van der Waals surface area (Å²) in [6.45, 7) is 8.58. The molecule has 1 aromatic heterocycles. The van der Waals surface area contributed by atoms with Gasteiger partial charge in [-0.25, -0.2) is 4.98 Å². The quantitative estimate of drug-likeness (QED) is 0.865. The minimum absolute atomic E-state index is 0.535. The van der Waals surface area contributed by atoms with E-state index in [2.05, 4.69) is 34.0 Å². The Balaban J connectivity index is 2.23. The zero-order chi connectivity index (χ0) is 12.3. The highest BCUT2D eigenvalue weighted by molar-refractivity contribution is 5.44. The van der Waals surface area contributed by atoms with Crippen LogP contribution in [0.5, 0.6) is 0 Å². The minimum atomic E-state index is 0.535. The molecule has 2 unspecified atom stereocenters. The smallest absolute Gasteiger partial charge is 0.150 e. The molecule has 2 rings (SSSR count). The van der Waals surface area contributed by atoms with Gasteiger partial charge in [0.05, 0.1) is 5.69 Å². The minimum Gasteiger partial charge on any atom is -0.349 e. The highest BCUT2D eigenvalue weighted by atomic mass is 15.3. The van der Waals surface area contributed by atoms with Gasteiger partial charge in [-0.3, -0.25) is 4.98 Å². The third-order valence-corrected chi connectivity index (χ3v) is 3.59. The molecule has 0 saturated carbocycles. The Morgan fingerprint density at radius 2 is 2.06 bits per heavy atom. The number of hydrogen-bond donors (Lipinski definition) is 1. The maximum absolute atomic E-state index is 4.50. The van der Waals surface area contributed by atoms with Crippen LogP contribution in [0.3, 0.4) is 0 Å². The van der Waals surface area contributed by atoms with Gasteiger partial charge in [-0.05, 0) is 19.8 Å². The monoisotopic (exact) mass is 234 g/mol. The first-order valence-corrected chi connectivity index (χ1v) is 6.53. The average Bonchev–Trinajstić information content (AvgIpc) is 2.38. The maximum atomic E-state index is 4.50. The molecule has 0 bridgehead atoms. The predicted molar refractivity (Wildman–Crippen MR) is 70.3 cm³/mol. The van der Waals surface area contributed by atoms with Crippen LogP contribution in [0.4, 0.5) is 5.82 Å². The van der Waals surface area contributed by atoms with Crippen LogP contribution in [0.15, 0.2) is 12.4 Å². The van der Waals surface area contributed by atoms with Gasteiger partial charge in [0.1, 0.15) is 5.82 Å². The number of nitrogens with zero attached hydrogens (tertiary/aromatic N) is 3. The lowest BCUT2D eigenvalue weighted by atomic mass is 10.1. The van der Waals surface area contributed by atoms with E-state index in [0.29, 0.717) is 12.1 Å². The van der Waals surface area contributed by atoms with Crippen LogP contribution in [0.25, 0.3) is 0 Å². The predicted octanol–water partition coefficient (Wildman–Crippen LogP) is 1.75. The first-order chi connectivity index (χ1) is 8.26. The van der Waals surface area contributed by atoms with E-state index in [0.717, 1.165) is 37.4 Å². The molecule has 1 aliphatic heterocycles. The summed E-state index contributed by atoms with van der Waals surface area (Å²) < 4.78 is 0. The number of aryl methyl sites for hydroxylation is 1. The van der Waals surface area contributed by atoms with Gasteiger partial charge in [-0.1, -0.05) is 13.8 Å². The van der Waals surface area contributed by atoms with Crippen LogP contribution in [-0.2, 0) is 0 Å². The van der Waals surface area contributed by atoms with Gasteiger partial charge in [0, 0.05) is 37.6 Å². The molecule has 1 N–H and O–H groups in total. The van der Waals surface area contributed by atoms with Gasteiger partial charge >= 0.3 is 0 Å². The lowest BCUT2D eigenvalue weighted by molar-refractivity contribution is 0.376. The number of aromatic nitrogens is 2. The molecule has 0 spiro atoms. The van der Waals surface area contributed by atoms with Crippen LogP contribution in [0, 0.1) is 6.92 Å². The Kier molecular flexibility index (Phi) is 3.94. The Hall–Kier alpha value is -1.16. The maximum Gasteiger partial charge on any atom is 0.150 e. The summed E-state index contributed by atoms with van der Waals surface area (Å²) in [5.74, 6) is 1.05. The van der Waals surface area contributed by atoms with E-state index >= 15 is 0 Å². The van der Waals surface area contributed by atoms with Crippen molar-refractivity contribution in [1.29, 1.82) is 0 Å². The average molecular weight is 234 g/mol. The molecule has 1 aromatic rings. The van der Waals surface area contributed by atoms with Crippen LogP contribution in [-0.4, -0.2) is 35.1 Å². The third-order valence-electron chi connectivity index (χ3n) is 3.59. The lowest BCUT2D eigenvalue weighted by Gasteiger charge is -2.41. The molecule has 0 aliphatic carbocycles. The number of piperazine rings is 1. The Morgan fingerprint density at radius 3 is 2.71 bits per heavy atom. The van der Waals surface area contributed by atoms with Crippen molar-refractivity contribution in [2.75, 3.05) is 18.0 Å². The molecular formula is C13H22N4. The van der Waals surface area contributed by atoms with Gasteiger partial charge < -0.3 is 10.2 Å². The summed E-state index contributed by atoms with van der Waals surface area (Å²) in [7, 11) is 0. The van der Waals surface area contributed by atoms with Gasteiger partial charge in [0.2, 0.25) is 0 Å². The van der Waals surface area contributed by atoms with Crippen LogP contribution in [0.1, 0.15) is 32.4 Å². The van der Waals surface area contributed by atoms with Crippen molar-refractivity contribution in [2.24, 2.45) is 0 Å². The second-order valence-corrected chi connectivity index (χ2v) is 4.69. The van der Waals surface area contributed by atoms with Crippen molar-refractivity contribution in [2.45, 2.75) is 45.7 Å². The van der Waals surface area contributed by atoms with Crippen molar-refractivity contribution in [3.05, 3.63) is 18.1 Å². The molecule has 4 nitrogen and oxygen atoms in total. The summed E-state index contributed by atoms with van der Waals surface area (Å²) in [4.78, 5) is 11.3. The van der Waals surface area contributed by atoms with E-state index in [-0.39, 0.29) is 0 Å². The zero-order valence-corrected chi connectivity index (χ0v) is 11.0. The molecule has 94 valence electrons. The van der Waals surface area contributed by atoms with E-state index in [4.69, 9.17) is 0 Å². The third kappa shape index (κ3) is 2.57. The fourth-order valence-electron chi connectivity index (χ4n) is 2.44. The largest absolute Gasteiger partial charge is 0.349 e. The molecule has 1 saturated heterocycles. The molecular weight excluding hydrogens is 212 g/mol. The highest BCUT2D eigenvalue weighted by Crippen LogP contribution is 2.21. The number of hydrogen-bond acceptors (Lipinski definition) is 4.